The van der Waals surface area contributed by atoms with E-state index in [1.54, 1.807) is 14.0 Å². The second kappa shape index (κ2) is 9.44. The fraction of sp³-hybridized carbons (Fsp3) is 0.656. The molecule has 4 aliphatic carbocycles. The Balaban J connectivity index is 1.39. The van der Waals surface area contributed by atoms with Crippen LogP contribution in [0.15, 0.2) is 48.6 Å². The standard InChI is InChI=1S/C32H44O4/c1-6-7-23-18-24-19-32(34,36-20-22-8-10-25(35-5)11-9-22)17-16-30(24,3)28-14-15-31(4)26(21(2)33)12-13-27(31)29(23)28/h6,8-11,18,23,26-29,34H,1,7,12-17,19-20H2,2-5H3. The molecule has 36 heavy (non-hydrogen) atoms. The van der Waals surface area contributed by atoms with Crippen LogP contribution in [0.25, 0.3) is 0 Å². The van der Waals surface area contributed by atoms with Gasteiger partial charge in [0.25, 0.3) is 0 Å². The number of methoxy groups -OCH3 is 1. The number of aliphatic hydroxyl groups is 1. The van der Waals surface area contributed by atoms with Crippen LogP contribution >= 0.6 is 0 Å². The van der Waals surface area contributed by atoms with E-state index in [2.05, 4.69) is 32.6 Å². The van der Waals surface area contributed by atoms with Gasteiger partial charge in [-0.2, -0.15) is 0 Å². The molecule has 1 aromatic rings. The summed E-state index contributed by atoms with van der Waals surface area (Å²) >= 11 is 0. The SMILES string of the molecule is C=CCC1C=C2CC(O)(OCc3ccc(OC)cc3)CCC2(C)C2CCC3(C)C(C(C)=O)CCC3C12. The van der Waals surface area contributed by atoms with E-state index in [-0.39, 0.29) is 16.7 Å². The normalized spacial score (nSPS) is 41.5. The lowest BCUT2D eigenvalue weighted by atomic mass is 9.45. The largest absolute Gasteiger partial charge is 0.497 e. The highest BCUT2D eigenvalue weighted by Crippen LogP contribution is 2.68. The van der Waals surface area contributed by atoms with Crippen LogP contribution < -0.4 is 4.74 Å². The van der Waals surface area contributed by atoms with Crippen LogP contribution in [-0.4, -0.2) is 23.8 Å². The Morgan fingerprint density at radius 1 is 1.11 bits per heavy atom. The van der Waals surface area contributed by atoms with Gasteiger partial charge in [-0.1, -0.05) is 43.7 Å². The third kappa shape index (κ3) is 4.19. The lowest BCUT2D eigenvalue weighted by Crippen LogP contribution is -2.55. The Kier molecular flexibility index (Phi) is 6.74. The number of benzene rings is 1. The Labute approximate surface area is 217 Å². The van der Waals surface area contributed by atoms with Crippen molar-refractivity contribution in [1.29, 1.82) is 0 Å². The maximum atomic E-state index is 12.6. The monoisotopic (exact) mass is 492 g/mol. The van der Waals surface area contributed by atoms with Gasteiger partial charge in [0.05, 0.1) is 13.7 Å². The number of allylic oxidation sites excluding steroid dienone is 2. The molecule has 8 unspecified atom stereocenters. The van der Waals surface area contributed by atoms with E-state index in [0.717, 1.165) is 37.0 Å². The first kappa shape index (κ1) is 25.7. The Morgan fingerprint density at radius 3 is 2.53 bits per heavy atom. The van der Waals surface area contributed by atoms with Crippen LogP contribution in [0.1, 0.15) is 77.7 Å². The van der Waals surface area contributed by atoms with Gasteiger partial charge in [0.2, 0.25) is 0 Å². The van der Waals surface area contributed by atoms with E-state index < -0.39 is 5.79 Å². The van der Waals surface area contributed by atoms with Gasteiger partial charge in [0.1, 0.15) is 11.5 Å². The summed E-state index contributed by atoms with van der Waals surface area (Å²) < 4.78 is 11.5. The number of hydrogen-bond donors (Lipinski definition) is 1. The Hall–Kier alpha value is -1.91. The summed E-state index contributed by atoms with van der Waals surface area (Å²) in [4.78, 5) is 12.6. The number of hydrogen-bond acceptors (Lipinski definition) is 4. The second-order valence-corrected chi connectivity index (χ2v) is 12.6. The highest BCUT2D eigenvalue weighted by molar-refractivity contribution is 5.79. The summed E-state index contributed by atoms with van der Waals surface area (Å²) in [7, 11) is 1.66. The van der Waals surface area contributed by atoms with Gasteiger partial charge >= 0.3 is 0 Å². The molecule has 0 saturated heterocycles. The molecule has 0 aliphatic heterocycles. The lowest BCUT2D eigenvalue weighted by Gasteiger charge is -2.60. The molecule has 8 atom stereocenters. The summed E-state index contributed by atoms with van der Waals surface area (Å²) in [6, 6.07) is 7.85. The van der Waals surface area contributed by atoms with Crippen molar-refractivity contribution in [1.82, 2.24) is 0 Å². The van der Waals surface area contributed by atoms with E-state index in [1.807, 2.05) is 24.3 Å². The first-order valence-electron chi connectivity index (χ1n) is 14.0. The van der Waals surface area contributed by atoms with Crippen molar-refractivity contribution in [3.05, 3.63) is 54.1 Å². The van der Waals surface area contributed by atoms with Crippen LogP contribution in [0.5, 0.6) is 5.75 Å². The average molecular weight is 493 g/mol. The molecule has 3 saturated carbocycles. The molecule has 1 N–H and O–H groups in total. The zero-order valence-corrected chi connectivity index (χ0v) is 22.6. The predicted molar refractivity (Wildman–Crippen MR) is 142 cm³/mol. The number of carbonyl (C=O) groups is 1. The number of rotatable bonds is 7. The first-order chi connectivity index (χ1) is 17.1. The summed E-state index contributed by atoms with van der Waals surface area (Å²) in [5, 5.41) is 11.5. The van der Waals surface area contributed by atoms with Crippen molar-refractivity contribution >= 4 is 5.78 Å². The van der Waals surface area contributed by atoms with Gasteiger partial charge in [-0.05, 0) is 97.6 Å². The van der Waals surface area contributed by atoms with Gasteiger partial charge in [-0.3, -0.25) is 4.79 Å². The molecule has 0 heterocycles. The highest BCUT2D eigenvalue weighted by Gasteiger charge is 2.62. The second-order valence-electron chi connectivity index (χ2n) is 12.6. The molecule has 196 valence electrons. The molecule has 0 aromatic heterocycles. The molecule has 5 rings (SSSR count). The first-order valence-corrected chi connectivity index (χ1v) is 14.0. The third-order valence-electron chi connectivity index (χ3n) is 10.9. The zero-order chi connectivity index (χ0) is 25.7. The van der Waals surface area contributed by atoms with E-state index in [9.17, 15) is 9.90 Å². The number of carbonyl (C=O) groups excluding carboxylic acids is 1. The highest BCUT2D eigenvalue weighted by atomic mass is 16.6. The smallest absolute Gasteiger partial charge is 0.169 e. The fourth-order valence-corrected chi connectivity index (χ4v) is 8.93. The number of Topliss-reactive ketones (excluding diaryl/α,β-unsaturated/α-hetero) is 1. The van der Waals surface area contributed by atoms with Crippen LogP contribution in [-0.2, 0) is 16.1 Å². The van der Waals surface area contributed by atoms with E-state index in [4.69, 9.17) is 9.47 Å². The van der Waals surface area contributed by atoms with Crippen LogP contribution in [0, 0.1) is 40.4 Å². The quantitative estimate of drug-likeness (QED) is 0.333. The van der Waals surface area contributed by atoms with Crippen molar-refractivity contribution in [3.63, 3.8) is 0 Å². The Bertz CT molecular complexity index is 1030. The summed E-state index contributed by atoms with van der Waals surface area (Å²) in [5.74, 6) is 2.49. The minimum absolute atomic E-state index is 0.0910. The molecule has 0 spiro atoms. The van der Waals surface area contributed by atoms with Crippen molar-refractivity contribution in [2.75, 3.05) is 7.11 Å². The maximum absolute atomic E-state index is 12.6. The van der Waals surface area contributed by atoms with E-state index in [1.165, 1.54) is 18.4 Å². The summed E-state index contributed by atoms with van der Waals surface area (Å²) in [5.41, 5.74) is 2.63. The van der Waals surface area contributed by atoms with Gasteiger partial charge in [0.15, 0.2) is 5.79 Å². The molecular formula is C32H44O4. The Morgan fingerprint density at radius 2 is 1.86 bits per heavy atom. The van der Waals surface area contributed by atoms with E-state index in [0.29, 0.717) is 48.9 Å². The van der Waals surface area contributed by atoms with Gasteiger partial charge in [-0.15, -0.1) is 6.58 Å². The van der Waals surface area contributed by atoms with Crippen molar-refractivity contribution in [2.24, 2.45) is 40.4 Å². The molecular weight excluding hydrogens is 448 g/mol. The number of ether oxygens (including phenoxy) is 2. The van der Waals surface area contributed by atoms with Crippen molar-refractivity contribution in [3.8, 4) is 5.75 Å². The van der Waals surface area contributed by atoms with Crippen LogP contribution in [0.4, 0.5) is 0 Å². The molecule has 3 fully saturated rings. The lowest BCUT2D eigenvalue weighted by molar-refractivity contribution is -0.232. The summed E-state index contributed by atoms with van der Waals surface area (Å²) in [6.07, 6.45) is 12.2. The number of ketones is 1. The molecule has 4 aliphatic rings. The molecule has 0 amide bonds. The summed E-state index contributed by atoms with van der Waals surface area (Å²) in [6.45, 7) is 11.1. The molecule has 0 radical (unpaired) electrons. The molecule has 1 aromatic carbocycles. The molecule has 4 heteroatoms. The van der Waals surface area contributed by atoms with Crippen molar-refractivity contribution < 1.29 is 19.4 Å². The third-order valence-corrected chi connectivity index (χ3v) is 10.9. The minimum atomic E-state index is -1.13. The number of fused-ring (bicyclic) bond motifs is 5. The predicted octanol–water partition coefficient (Wildman–Crippen LogP) is 6.87. The van der Waals surface area contributed by atoms with Gasteiger partial charge < -0.3 is 14.6 Å². The minimum Gasteiger partial charge on any atom is -0.497 e. The average Bonchev–Trinajstić information content (AvgIpc) is 3.22. The van der Waals surface area contributed by atoms with Crippen LogP contribution in [0.2, 0.25) is 0 Å². The maximum Gasteiger partial charge on any atom is 0.169 e. The molecule has 4 nitrogen and oxygen atoms in total. The fourth-order valence-electron chi connectivity index (χ4n) is 8.93. The van der Waals surface area contributed by atoms with E-state index >= 15 is 0 Å². The van der Waals surface area contributed by atoms with Gasteiger partial charge in [-0.25, -0.2) is 0 Å². The van der Waals surface area contributed by atoms with Crippen molar-refractivity contribution in [2.45, 2.75) is 84.5 Å². The van der Waals surface area contributed by atoms with Crippen LogP contribution in [0.3, 0.4) is 0 Å². The van der Waals surface area contributed by atoms with Gasteiger partial charge in [0, 0.05) is 18.8 Å². The molecule has 0 bridgehead atoms. The topological polar surface area (TPSA) is 55.8 Å². The zero-order valence-electron chi connectivity index (χ0n) is 22.6.